The standard InChI is InChI=1S/C8H15N3.C3H4N2/c1-10-5-3-7-11-6-2-4-9-8(10)11;1-2-5-3-4-1/h2-7H2,1H3;1-3H,(H,4,5). The topological polar surface area (TPSA) is 47.5 Å². The Morgan fingerprint density at radius 1 is 1.25 bits per heavy atom. The van der Waals surface area contributed by atoms with E-state index in [0.717, 1.165) is 6.54 Å². The van der Waals surface area contributed by atoms with Gasteiger partial charge in [0.05, 0.1) is 6.33 Å². The van der Waals surface area contributed by atoms with Crippen LogP contribution in [0.4, 0.5) is 0 Å². The second-order valence-electron chi connectivity index (χ2n) is 4.06. The van der Waals surface area contributed by atoms with E-state index in [1.807, 2.05) is 0 Å². The van der Waals surface area contributed by atoms with E-state index in [4.69, 9.17) is 0 Å². The fraction of sp³-hybridized carbons (Fsp3) is 0.636. The van der Waals surface area contributed by atoms with Gasteiger partial charge in [0.2, 0.25) is 0 Å². The third-order valence-electron chi connectivity index (χ3n) is 2.79. The second-order valence-corrected chi connectivity index (χ2v) is 4.06. The summed E-state index contributed by atoms with van der Waals surface area (Å²) < 4.78 is 0. The zero-order valence-corrected chi connectivity index (χ0v) is 9.76. The third kappa shape index (κ3) is 2.74. The number of guanidine groups is 1. The second kappa shape index (κ2) is 5.53. The fourth-order valence-corrected chi connectivity index (χ4v) is 2.03. The molecule has 0 aliphatic carbocycles. The molecule has 1 saturated heterocycles. The van der Waals surface area contributed by atoms with Gasteiger partial charge in [-0.25, -0.2) is 4.98 Å². The van der Waals surface area contributed by atoms with E-state index in [0.29, 0.717) is 0 Å². The van der Waals surface area contributed by atoms with E-state index in [1.54, 1.807) is 18.7 Å². The summed E-state index contributed by atoms with van der Waals surface area (Å²) in [6, 6.07) is 0. The molecule has 5 heteroatoms. The number of nitrogens with zero attached hydrogens (tertiary/aromatic N) is 4. The molecule has 2 aliphatic heterocycles. The highest BCUT2D eigenvalue weighted by Gasteiger charge is 2.22. The van der Waals surface area contributed by atoms with Crippen LogP contribution in [-0.2, 0) is 0 Å². The molecule has 0 spiro atoms. The number of aromatic amines is 1. The van der Waals surface area contributed by atoms with Crippen LogP contribution >= 0.6 is 0 Å². The van der Waals surface area contributed by atoms with Crippen LogP contribution in [0.3, 0.4) is 0 Å². The smallest absolute Gasteiger partial charge is 0.196 e. The molecule has 2 aliphatic rings. The van der Waals surface area contributed by atoms with Crippen LogP contribution in [-0.4, -0.2) is 59.0 Å². The van der Waals surface area contributed by atoms with Crippen LogP contribution < -0.4 is 0 Å². The van der Waals surface area contributed by atoms with Gasteiger partial charge in [-0.1, -0.05) is 0 Å². The van der Waals surface area contributed by atoms with Crippen molar-refractivity contribution >= 4 is 5.96 Å². The minimum atomic E-state index is 1.02. The van der Waals surface area contributed by atoms with Gasteiger partial charge in [-0.3, -0.25) is 4.99 Å². The van der Waals surface area contributed by atoms with Crippen LogP contribution in [0.25, 0.3) is 0 Å². The first-order valence-corrected chi connectivity index (χ1v) is 5.81. The molecule has 16 heavy (non-hydrogen) atoms. The first kappa shape index (κ1) is 11.0. The minimum Gasteiger partial charge on any atom is -0.351 e. The maximum Gasteiger partial charge on any atom is 0.196 e. The maximum absolute atomic E-state index is 4.50. The largest absolute Gasteiger partial charge is 0.351 e. The van der Waals surface area contributed by atoms with E-state index >= 15 is 0 Å². The monoisotopic (exact) mass is 221 g/mol. The molecular weight excluding hydrogens is 202 g/mol. The summed E-state index contributed by atoms with van der Waals surface area (Å²) in [5.41, 5.74) is 0. The molecule has 0 atom stereocenters. The van der Waals surface area contributed by atoms with Crippen LogP contribution in [0.5, 0.6) is 0 Å². The Morgan fingerprint density at radius 3 is 2.75 bits per heavy atom. The number of nitrogens with one attached hydrogen (secondary N) is 1. The fourth-order valence-electron chi connectivity index (χ4n) is 2.03. The van der Waals surface area contributed by atoms with Gasteiger partial charge in [-0.15, -0.1) is 0 Å². The van der Waals surface area contributed by atoms with Gasteiger partial charge >= 0.3 is 0 Å². The molecule has 0 amide bonds. The summed E-state index contributed by atoms with van der Waals surface area (Å²) in [7, 11) is 2.14. The third-order valence-corrected chi connectivity index (χ3v) is 2.79. The summed E-state index contributed by atoms with van der Waals surface area (Å²) >= 11 is 0. The molecule has 3 rings (SSSR count). The molecule has 1 aromatic heterocycles. The van der Waals surface area contributed by atoms with Crippen molar-refractivity contribution in [2.24, 2.45) is 4.99 Å². The van der Waals surface area contributed by atoms with Crippen LogP contribution in [0, 0.1) is 0 Å². The number of rotatable bonds is 0. The molecule has 0 bridgehead atoms. The van der Waals surface area contributed by atoms with Gasteiger partial charge < -0.3 is 14.8 Å². The van der Waals surface area contributed by atoms with Crippen LogP contribution in [0.2, 0.25) is 0 Å². The van der Waals surface area contributed by atoms with Crippen molar-refractivity contribution in [2.45, 2.75) is 12.8 Å². The highest BCUT2D eigenvalue weighted by atomic mass is 15.4. The number of H-pyrrole nitrogens is 1. The maximum atomic E-state index is 4.50. The van der Waals surface area contributed by atoms with Gasteiger partial charge in [0.15, 0.2) is 5.96 Å². The molecule has 5 nitrogen and oxygen atoms in total. The molecular formula is C11H19N5. The molecule has 0 aromatic carbocycles. The van der Waals surface area contributed by atoms with Gasteiger partial charge in [-0.2, -0.15) is 0 Å². The summed E-state index contributed by atoms with van der Waals surface area (Å²) in [6.45, 7) is 4.62. The predicted octanol–water partition coefficient (Wildman–Crippen LogP) is 0.793. The predicted molar refractivity (Wildman–Crippen MR) is 64.3 cm³/mol. The lowest BCUT2D eigenvalue weighted by molar-refractivity contribution is 0.269. The van der Waals surface area contributed by atoms with E-state index in [-0.39, 0.29) is 0 Å². The quantitative estimate of drug-likeness (QED) is 0.704. The Kier molecular flexibility index (Phi) is 3.80. The lowest BCUT2D eigenvalue weighted by Crippen LogP contribution is -2.50. The average molecular weight is 221 g/mol. The molecule has 0 radical (unpaired) electrons. The van der Waals surface area contributed by atoms with E-state index < -0.39 is 0 Å². The number of aromatic nitrogens is 2. The number of hydrogen-bond acceptors (Lipinski definition) is 4. The van der Waals surface area contributed by atoms with Crippen LogP contribution in [0.1, 0.15) is 12.8 Å². The van der Waals surface area contributed by atoms with Crippen molar-refractivity contribution in [2.75, 3.05) is 33.2 Å². The Labute approximate surface area is 96.2 Å². The zero-order chi connectivity index (χ0) is 11.2. The van der Waals surface area contributed by atoms with Crippen LogP contribution in [0.15, 0.2) is 23.7 Å². The summed E-state index contributed by atoms with van der Waals surface area (Å²) in [6.07, 6.45) is 7.60. The first-order chi connectivity index (χ1) is 7.88. The van der Waals surface area contributed by atoms with E-state index in [2.05, 4.69) is 31.8 Å². The van der Waals surface area contributed by atoms with Crippen molar-refractivity contribution in [1.82, 2.24) is 19.8 Å². The van der Waals surface area contributed by atoms with E-state index in [9.17, 15) is 0 Å². The van der Waals surface area contributed by atoms with Crippen molar-refractivity contribution in [3.63, 3.8) is 0 Å². The Balaban J connectivity index is 0.000000162. The Bertz CT molecular complexity index is 302. The molecule has 1 aromatic rings. The van der Waals surface area contributed by atoms with E-state index in [1.165, 1.54) is 38.4 Å². The number of aliphatic imine (C=N–C) groups is 1. The highest BCUT2D eigenvalue weighted by Crippen LogP contribution is 2.11. The van der Waals surface area contributed by atoms with Crippen molar-refractivity contribution in [3.8, 4) is 0 Å². The number of hydrogen-bond donors (Lipinski definition) is 1. The van der Waals surface area contributed by atoms with Crippen molar-refractivity contribution in [3.05, 3.63) is 18.7 Å². The summed E-state index contributed by atoms with van der Waals surface area (Å²) in [5, 5.41) is 0. The van der Waals surface area contributed by atoms with Crippen molar-refractivity contribution in [1.29, 1.82) is 0 Å². The molecule has 0 saturated carbocycles. The summed E-state index contributed by atoms with van der Waals surface area (Å²) in [5.74, 6) is 1.22. The SMILES string of the molecule is CN1CCCN2CCCN=C12.c1c[nH]cn1. The minimum absolute atomic E-state index is 1.02. The number of imidazole rings is 1. The lowest BCUT2D eigenvalue weighted by atomic mass is 10.2. The van der Waals surface area contributed by atoms with Gasteiger partial charge in [-0.05, 0) is 12.8 Å². The molecule has 3 heterocycles. The van der Waals surface area contributed by atoms with Gasteiger partial charge in [0.1, 0.15) is 0 Å². The summed E-state index contributed by atoms with van der Waals surface area (Å²) in [4.78, 5) is 15.6. The normalized spacial score (nSPS) is 19.4. The zero-order valence-electron chi connectivity index (χ0n) is 9.76. The molecule has 1 fully saturated rings. The molecule has 1 N–H and O–H groups in total. The highest BCUT2D eigenvalue weighted by molar-refractivity contribution is 5.81. The average Bonchev–Trinajstić information content (AvgIpc) is 2.88. The van der Waals surface area contributed by atoms with Crippen molar-refractivity contribution < 1.29 is 0 Å². The Hall–Kier alpha value is -1.52. The number of fused-ring (bicyclic) bond motifs is 1. The lowest BCUT2D eigenvalue weighted by Gasteiger charge is -2.39. The Morgan fingerprint density at radius 2 is 2.12 bits per heavy atom. The van der Waals surface area contributed by atoms with Gasteiger partial charge in [0.25, 0.3) is 0 Å². The first-order valence-electron chi connectivity index (χ1n) is 5.81. The van der Waals surface area contributed by atoms with Gasteiger partial charge in [0, 0.05) is 45.6 Å². The molecule has 0 unspecified atom stereocenters. The molecule has 88 valence electrons.